The van der Waals surface area contributed by atoms with Crippen molar-refractivity contribution in [3.8, 4) is 0 Å². The molecule has 0 atom stereocenters. The van der Waals surface area contributed by atoms with Crippen LogP contribution in [0.5, 0.6) is 0 Å². The summed E-state index contributed by atoms with van der Waals surface area (Å²) in [4.78, 5) is 25.9. The molecule has 2 amide bonds. The van der Waals surface area contributed by atoms with Crippen molar-refractivity contribution in [2.24, 2.45) is 5.73 Å². The van der Waals surface area contributed by atoms with Gasteiger partial charge in [0.15, 0.2) is 5.13 Å². The summed E-state index contributed by atoms with van der Waals surface area (Å²) >= 11 is 1.11. The number of benzene rings is 1. The highest BCUT2D eigenvalue weighted by molar-refractivity contribution is 7.14. The number of carbonyl (C=O) groups excluding carboxylic acids is 2. The smallest absolute Gasteiger partial charge is 0.413 e. The molecule has 0 radical (unpaired) electrons. The van der Waals surface area contributed by atoms with Crippen LogP contribution >= 0.6 is 11.3 Å². The van der Waals surface area contributed by atoms with Gasteiger partial charge in [-0.25, -0.2) is 14.2 Å². The summed E-state index contributed by atoms with van der Waals surface area (Å²) in [5, 5.41) is 4.16. The summed E-state index contributed by atoms with van der Waals surface area (Å²) < 4.78 is 16.9. The lowest BCUT2D eigenvalue weighted by molar-refractivity contribution is 0.0635. The summed E-state index contributed by atoms with van der Waals surface area (Å²) in [7, 11) is 0. The fourth-order valence-electron chi connectivity index (χ4n) is 1.25. The quantitative estimate of drug-likeness (QED) is 0.876. The van der Waals surface area contributed by atoms with Crippen LogP contribution in [0.3, 0.4) is 0 Å². The molecule has 6 nitrogen and oxygen atoms in total. The fourth-order valence-corrected chi connectivity index (χ4v) is 1.94. The number of anilines is 1. The SMILES string of the molecule is CC(C)(C)OC(=O)Nc1nc(C(N)=O)cs1.Fc1ccccc1. The van der Waals surface area contributed by atoms with Gasteiger partial charge in [0.1, 0.15) is 17.1 Å². The van der Waals surface area contributed by atoms with E-state index in [0.717, 1.165) is 11.3 Å². The molecule has 0 bridgehead atoms. The Kier molecular flexibility index (Phi) is 6.65. The third-order valence-corrected chi connectivity index (χ3v) is 2.86. The Balaban J connectivity index is 0.000000313. The zero-order valence-corrected chi connectivity index (χ0v) is 13.8. The van der Waals surface area contributed by atoms with E-state index in [2.05, 4.69) is 10.3 Å². The van der Waals surface area contributed by atoms with Crippen LogP contribution in [-0.2, 0) is 4.74 Å². The molecule has 2 rings (SSSR count). The molecule has 2 aromatic rings. The monoisotopic (exact) mass is 339 g/mol. The van der Waals surface area contributed by atoms with Crippen molar-refractivity contribution in [1.82, 2.24) is 4.98 Å². The number of nitrogens with one attached hydrogen (secondary N) is 1. The molecule has 23 heavy (non-hydrogen) atoms. The van der Waals surface area contributed by atoms with Crippen LogP contribution in [0.4, 0.5) is 14.3 Å². The number of carbonyl (C=O) groups is 2. The number of rotatable bonds is 2. The molecule has 0 fully saturated rings. The topological polar surface area (TPSA) is 94.3 Å². The van der Waals surface area contributed by atoms with E-state index >= 15 is 0 Å². The third-order valence-electron chi connectivity index (χ3n) is 2.10. The van der Waals surface area contributed by atoms with Crippen molar-refractivity contribution in [2.75, 3.05) is 5.32 Å². The summed E-state index contributed by atoms with van der Waals surface area (Å²) in [6.07, 6.45) is -0.613. The molecule has 0 aliphatic heterocycles. The van der Waals surface area contributed by atoms with Gasteiger partial charge in [-0.15, -0.1) is 11.3 Å². The standard InChI is InChI=1S/C9H13N3O3S.C6H5F/c1-9(2,3)15-8(14)12-7-11-5(4-16-7)6(10)13;7-6-4-2-1-3-5-6/h4H,1-3H3,(H2,10,13)(H,11,12,14);1-5H. The van der Waals surface area contributed by atoms with E-state index < -0.39 is 17.6 Å². The fraction of sp³-hybridized carbons (Fsp3) is 0.267. The third kappa shape index (κ3) is 7.91. The number of hydrogen-bond donors (Lipinski definition) is 2. The number of primary amides is 1. The Hall–Kier alpha value is -2.48. The maximum Gasteiger partial charge on any atom is 0.413 e. The second-order valence-corrected chi connectivity index (χ2v) is 6.18. The Labute approximate surface area is 137 Å². The molecule has 1 aromatic heterocycles. The molecule has 3 N–H and O–H groups in total. The van der Waals surface area contributed by atoms with Gasteiger partial charge in [-0.1, -0.05) is 18.2 Å². The van der Waals surface area contributed by atoms with Crippen molar-refractivity contribution in [3.63, 3.8) is 0 Å². The molecule has 1 aromatic carbocycles. The van der Waals surface area contributed by atoms with E-state index in [1.165, 1.54) is 17.5 Å². The first-order chi connectivity index (χ1) is 10.7. The maximum atomic E-state index is 11.9. The number of ether oxygens (including phenoxy) is 1. The predicted octanol–water partition coefficient (Wildman–Crippen LogP) is 3.41. The van der Waals surface area contributed by atoms with Crippen LogP contribution < -0.4 is 11.1 Å². The van der Waals surface area contributed by atoms with Crippen LogP contribution in [0.25, 0.3) is 0 Å². The van der Waals surface area contributed by atoms with Gasteiger partial charge in [0.05, 0.1) is 0 Å². The van der Waals surface area contributed by atoms with E-state index in [1.54, 1.807) is 39.0 Å². The molecule has 0 spiro atoms. The van der Waals surface area contributed by atoms with Gasteiger partial charge in [-0.05, 0) is 32.9 Å². The highest BCUT2D eigenvalue weighted by Gasteiger charge is 2.17. The minimum Gasteiger partial charge on any atom is -0.444 e. The lowest BCUT2D eigenvalue weighted by atomic mass is 10.2. The largest absolute Gasteiger partial charge is 0.444 e. The molecular weight excluding hydrogens is 321 g/mol. The molecule has 0 saturated heterocycles. The van der Waals surface area contributed by atoms with Gasteiger partial charge in [0, 0.05) is 5.38 Å². The highest BCUT2D eigenvalue weighted by Crippen LogP contribution is 2.16. The number of halogens is 1. The van der Waals surface area contributed by atoms with Crippen LogP contribution in [0.2, 0.25) is 0 Å². The molecule has 0 unspecified atom stereocenters. The number of nitrogens with zero attached hydrogens (tertiary/aromatic N) is 1. The molecule has 124 valence electrons. The summed E-state index contributed by atoms with van der Waals surface area (Å²) in [6.45, 7) is 5.26. The molecule has 8 heteroatoms. The molecule has 0 saturated carbocycles. The summed E-state index contributed by atoms with van der Waals surface area (Å²) in [5.74, 6) is -0.809. The normalized spacial score (nSPS) is 10.3. The second-order valence-electron chi connectivity index (χ2n) is 5.32. The van der Waals surface area contributed by atoms with Crippen molar-refractivity contribution in [1.29, 1.82) is 0 Å². The van der Waals surface area contributed by atoms with Crippen molar-refractivity contribution >= 4 is 28.5 Å². The van der Waals surface area contributed by atoms with Gasteiger partial charge in [0.25, 0.3) is 5.91 Å². The van der Waals surface area contributed by atoms with E-state index in [1.807, 2.05) is 0 Å². The van der Waals surface area contributed by atoms with Crippen LogP contribution in [0.1, 0.15) is 31.3 Å². The first-order valence-corrected chi connectivity index (χ1v) is 7.51. The Morgan fingerprint density at radius 2 is 1.87 bits per heavy atom. The second kappa shape index (κ2) is 8.23. The van der Waals surface area contributed by atoms with Crippen LogP contribution in [0, 0.1) is 5.82 Å². The minimum atomic E-state index is -0.631. The van der Waals surface area contributed by atoms with Gasteiger partial charge in [0.2, 0.25) is 0 Å². The Bertz CT molecular complexity index is 653. The number of amides is 2. The van der Waals surface area contributed by atoms with Crippen LogP contribution in [-0.4, -0.2) is 22.6 Å². The number of aromatic nitrogens is 1. The molecular formula is C15H18FN3O3S. The summed E-state index contributed by atoms with van der Waals surface area (Å²) in [5.41, 5.74) is 4.57. The van der Waals surface area contributed by atoms with E-state index in [9.17, 15) is 14.0 Å². The van der Waals surface area contributed by atoms with E-state index in [0.29, 0.717) is 0 Å². The van der Waals surface area contributed by atoms with Crippen molar-refractivity contribution in [3.05, 3.63) is 47.2 Å². The predicted molar refractivity (Wildman–Crippen MR) is 86.9 cm³/mol. The zero-order chi connectivity index (χ0) is 17.5. The first-order valence-electron chi connectivity index (χ1n) is 6.63. The molecule has 0 aliphatic carbocycles. The number of thiazole rings is 1. The highest BCUT2D eigenvalue weighted by atomic mass is 32.1. The lowest BCUT2D eigenvalue weighted by Crippen LogP contribution is -2.27. The Morgan fingerprint density at radius 3 is 2.26 bits per heavy atom. The van der Waals surface area contributed by atoms with E-state index in [4.69, 9.17) is 10.5 Å². The summed E-state index contributed by atoms with van der Waals surface area (Å²) in [6, 6.07) is 7.94. The lowest BCUT2D eigenvalue weighted by Gasteiger charge is -2.18. The maximum absolute atomic E-state index is 11.9. The van der Waals surface area contributed by atoms with Gasteiger partial charge < -0.3 is 10.5 Å². The van der Waals surface area contributed by atoms with Gasteiger partial charge in [-0.2, -0.15) is 0 Å². The van der Waals surface area contributed by atoms with Crippen LogP contribution in [0.15, 0.2) is 35.7 Å². The van der Waals surface area contributed by atoms with E-state index in [-0.39, 0.29) is 16.6 Å². The average molecular weight is 339 g/mol. The van der Waals surface area contributed by atoms with Crippen molar-refractivity contribution in [2.45, 2.75) is 26.4 Å². The first kappa shape index (κ1) is 18.6. The number of nitrogens with two attached hydrogens (primary N) is 1. The van der Waals surface area contributed by atoms with Crippen molar-refractivity contribution < 1.29 is 18.7 Å². The minimum absolute atomic E-state index is 0.121. The Morgan fingerprint density at radius 1 is 1.26 bits per heavy atom. The zero-order valence-electron chi connectivity index (χ0n) is 13.0. The van der Waals surface area contributed by atoms with Gasteiger partial charge in [-0.3, -0.25) is 10.1 Å². The average Bonchev–Trinajstić information content (AvgIpc) is 2.86. The number of hydrogen-bond acceptors (Lipinski definition) is 5. The molecule has 1 heterocycles. The van der Waals surface area contributed by atoms with Gasteiger partial charge >= 0.3 is 6.09 Å². The molecule has 0 aliphatic rings.